The lowest BCUT2D eigenvalue weighted by molar-refractivity contribution is 0.0561. The van der Waals surface area contributed by atoms with Crippen LogP contribution in [0.1, 0.15) is 67.2 Å². The van der Waals surface area contributed by atoms with Crippen LogP contribution in [0.25, 0.3) is 5.65 Å². The molecule has 1 saturated carbocycles. The number of pyridine rings is 1. The lowest BCUT2D eigenvalue weighted by Gasteiger charge is -2.44. The molecule has 2 aromatic carbocycles. The Bertz CT molecular complexity index is 1550. The number of ether oxygens (including phenoxy) is 1. The standard InChI is InChI=1S/C31H35N5O3S/c1-40(37,38)34-31-33-32-29-18-28(27(19-35(29)31)22-12-13-22)39-20-21-16-25-14-15-26(17-21)36(25)30(23-8-4-2-5-9-23)24-10-6-3-7-11-24/h2-11,18-19,21-22,25-26,30H,12-17,20H2,1H3,(H,33,34)/t21-,25-,26+. The highest BCUT2D eigenvalue weighted by Crippen LogP contribution is 2.47. The zero-order chi connectivity index (χ0) is 27.3. The van der Waals surface area contributed by atoms with E-state index >= 15 is 0 Å². The minimum Gasteiger partial charge on any atom is -0.493 e. The molecule has 3 aliphatic rings. The number of aromatic nitrogens is 3. The van der Waals surface area contributed by atoms with E-state index in [0.29, 0.717) is 36.2 Å². The molecular formula is C31H35N5O3S. The molecule has 2 saturated heterocycles. The van der Waals surface area contributed by atoms with Gasteiger partial charge in [0.15, 0.2) is 5.65 Å². The summed E-state index contributed by atoms with van der Waals surface area (Å²) in [7, 11) is -3.45. The minimum absolute atomic E-state index is 0.210. The summed E-state index contributed by atoms with van der Waals surface area (Å²) in [5.41, 5.74) is 4.41. The van der Waals surface area contributed by atoms with Crippen molar-refractivity contribution in [1.29, 1.82) is 0 Å². The van der Waals surface area contributed by atoms with Crippen LogP contribution in [0, 0.1) is 5.92 Å². The Hall–Kier alpha value is -3.43. The van der Waals surface area contributed by atoms with Gasteiger partial charge in [0.05, 0.1) is 18.9 Å². The van der Waals surface area contributed by atoms with Crippen molar-refractivity contribution in [2.24, 2.45) is 5.92 Å². The van der Waals surface area contributed by atoms with Gasteiger partial charge < -0.3 is 4.74 Å². The molecule has 0 amide bonds. The largest absolute Gasteiger partial charge is 0.493 e. The van der Waals surface area contributed by atoms with Gasteiger partial charge >= 0.3 is 0 Å². The van der Waals surface area contributed by atoms with Crippen molar-refractivity contribution in [3.8, 4) is 5.75 Å². The van der Waals surface area contributed by atoms with E-state index in [1.54, 1.807) is 4.40 Å². The highest BCUT2D eigenvalue weighted by Gasteiger charge is 2.45. The van der Waals surface area contributed by atoms with Gasteiger partial charge in [-0.05, 0) is 61.5 Å². The van der Waals surface area contributed by atoms with E-state index in [-0.39, 0.29) is 12.0 Å². The van der Waals surface area contributed by atoms with Crippen LogP contribution >= 0.6 is 0 Å². The summed E-state index contributed by atoms with van der Waals surface area (Å²) in [4.78, 5) is 2.79. The third-order valence-corrected chi connectivity index (χ3v) is 9.27. The molecule has 2 bridgehead atoms. The maximum absolute atomic E-state index is 11.8. The Balaban J connectivity index is 1.10. The van der Waals surface area contributed by atoms with Gasteiger partial charge in [-0.2, -0.15) is 0 Å². The molecule has 3 atom stereocenters. The first-order valence-electron chi connectivity index (χ1n) is 14.3. The van der Waals surface area contributed by atoms with Crippen LogP contribution in [-0.2, 0) is 10.0 Å². The number of nitrogens with one attached hydrogen (secondary N) is 1. The van der Waals surface area contributed by atoms with Crippen LogP contribution in [-0.4, -0.2) is 52.9 Å². The summed E-state index contributed by atoms with van der Waals surface area (Å²) >= 11 is 0. The number of fused-ring (bicyclic) bond motifs is 3. The first-order chi connectivity index (χ1) is 19.4. The predicted molar refractivity (Wildman–Crippen MR) is 155 cm³/mol. The van der Waals surface area contributed by atoms with Gasteiger partial charge in [-0.15, -0.1) is 10.2 Å². The second-order valence-corrected chi connectivity index (χ2v) is 13.4. The Kier molecular flexibility index (Phi) is 6.51. The molecule has 4 aromatic rings. The summed E-state index contributed by atoms with van der Waals surface area (Å²) in [6.45, 7) is 0.681. The van der Waals surface area contributed by atoms with Crippen LogP contribution < -0.4 is 9.46 Å². The molecule has 40 heavy (non-hydrogen) atoms. The molecule has 7 rings (SSSR count). The van der Waals surface area contributed by atoms with Gasteiger partial charge in [0.25, 0.3) is 0 Å². The van der Waals surface area contributed by atoms with E-state index in [2.05, 4.69) is 80.5 Å². The van der Waals surface area contributed by atoms with Gasteiger partial charge in [-0.25, -0.2) is 8.42 Å². The number of sulfonamides is 1. The van der Waals surface area contributed by atoms with Crippen molar-refractivity contribution in [2.45, 2.75) is 62.6 Å². The number of rotatable bonds is 9. The molecule has 1 aliphatic carbocycles. The van der Waals surface area contributed by atoms with Gasteiger partial charge in [0.2, 0.25) is 16.0 Å². The van der Waals surface area contributed by atoms with Crippen molar-refractivity contribution in [3.05, 3.63) is 89.6 Å². The molecule has 0 unspecified atom stereocenters. The molecular weight excluding hydrogens is 522 g/mol. The van der Waals surface area contributed by atoms with E-state index < -0.39 is 10.0 Å². The zero-order valence-electron chi connectivity index (χ0n) is 22.7. The van der Waals surface area contributed by atoms with Crippen molar-refractivity contribution in [1.82, 2.24) is 19.5 Å². The molecule has 0 spiro atoms. The van der Waals surface area contributed by atoms with Crippen molar-refractivity contribution < 1.29 is 13.2 Å². The first kappa shape index (κ1) is 25.5. The molecule has 9 heteroatoms. The molecule has 3 fully saturated rings. The van der Waals surface area contributed by atoms with Gasteiger partial charge in [0, 0.05) is 29.9 Å². The third kappa shape index (κ3) is 5.08. The minimum atomic E-state index is -3.45. The monoisotopic (exact) mass is 557 g/mol. The SMILES string of the molecule is CS(=O)(=O)Nc1nnc2cc(OC[C@@H]3C[C@H]4CC[C@@H](C3)N4C(c3ccccc3)c3ccccc3)c(C3CC3)cn12. The van der Waals surface area contributed by atoms with Crippen LogP contribution in [0.4, 0.5) is 5.95 Å². The topological polar surface area (TPSA) is 88.8 Å². The number of nitrogens with zero attached hydrogens (tertiary/aromatic N) is 4. The summed E-state index contributed by atoms with van der Waals surface area (Å²) in [5.74, 6) is 1.99. The quantitative estimate of drug-likeness (QED) is 0.297. The number of anilines is 1. The summed E-state index contributed by atoms with van der Waals surface area (Å²) in [6, 6.07) is 25.1. The first-order valence-corrected chi connectivity index (χ1v) is 16.2. The Morgan fingerprint density at radius 3 is 2.12 bits per heavy atom. The van der Waals surface area contributed by atoms with Crippen LogP contribution in [0.2, 0.25) is 0 Å². The van der Waals surface area contributed by atoms with E-state index in [4.69, 9.17) is 4.74 Å². The van der Waals surface area contributed by atoms with Crippen molar-refractivity contribution in [3.63, 3.8) is 0 Å². The predicted octanol–water partition coefficient (Wildman–Crippen LogP) is 5.39. The zero-order valence-corrected chi connectivity index (χ0v) is 23.5. The second-order valence-electron chi connectivity index (χ2n) is 11.7. The molecule has 208 valence electrons. The number of hydrogen-bond acceptors (Lipinski definition) is 6. The molecule has 4 heterocycles. The van der Waals surface area contributed by atoms with Crippen LogP contribution in [0.3, 0.4) is 0 Å². The lowest BCUT2D eigenvalue weighted by atomic mass is 9.87. The van der Waals surface area contributed by atoms with E-state index in [9.17, 15) is 8.42 Å². The fourth-order valence-electron chi connectivity index (χ4n) is 6.89. The molecule has 0 radical (unpaired) electrons. The van der Waals surface area contributed by atoms with Gasteiger partial charge in [-0.3, -0.25) is 14.0 Å². The third-order valence-electron chi connectivity index (χ3n) is 8.72. The van der Waals surface area contributed by atoms with E-state index in [0.717, 1.165) is 43.3 Å². The fourth-order valence-corrected chi connectivity index (χ4v) is 7.36. The van der Waals surface area contributed by atoms with Crippen molar-refractivity contribution >= 4 is 21.6 Å². The normalized spacial score (nSPS) is 23.1. The lowest BCUT2D eigenvalue weighted by Crippen LogP contribution is -2.46. The number of hydrogen-bond donors (Lipinski definition) is 1. The Labute approximate surface area is 235 Å². The highest BCUT2D eigenvalue weighted by molar-refractivity contribution is 7.92. The van der Waals surface area contributed by atoms with E-state index in [1.807, 2.05) is 12.3 Å². The Morgan fingerprint density at radius 2 is 1.55 bits per heavy atom. The van der Waals surface area contributed by atoms with Gasteiger partial charge in [0.1, 0.15) is 5.75 Å². The average Bonchev–Trinajstić information content (AvgIpc) is 3.68. The average molecular weight is 558 g/mol. The fraction of sp³-hybridized carbons (Fsp3) is 0.419. The van der Waals surface area contributed by atoms with Gasteiger partial charge in [-0.1, -0.05) is 60.7 Å². The molecule has 2 aromatic heterocycles. The highest BCUT2D eigenvalue weighted by atomic mass is 32.2. The molecule has 8 nitrogen and oxygen atoms in total. The van der Waals surface area contributed by atoms with E-state index in [1.165, 1.54) is 24.0 Å². The summed E-state index contributed by atoms with van der Waals surface area (Å²) in [5, 5.41) is 8.26. The van der Waals surface area contributed by atoms with Crippen molar-refractivity contribution in [2.75, 3.05) is 17.6 Å². The smallest absolute Gasteiger partial charge is 0.242 e. The maximum atomic E-state index is 11.8. The van der Waals surface area contributed by atoms with Crippen LogP contribution in [0.15, 0.2) is 72.9 Å². The van der Waals surface area contributed by atoms with Crippen LogP contribution in [0.5, 0.6) is 5.75 Å². The second kappa shape index (κ2) is 10.2. The molecule has 1 N–H and O–H groups in total. The number of piperidine rings is 1. The Morgan fingerprint density at radius 1 is 0.925 bits per heavy atom. The summed E-state index contributed by atoms with van der Waals surface area (Å²) in [6.07, 6.45) is 10.0. The maximum Gasteiger partial charge on any atom is 0.242 e. The summed E-state index contributed by atoms with van der Waals surface area (Å²) < 4.78 is 34.3. The number of benzene rings is 2. The molecule has 2 aliphatic heterocycles.